The molecule has 0 radical (unpaired) electrons. The number of hydrogen-bond donors (Lipinski definition) is 0. The second-order valence-corrected chi connectivity index (χ2v) is 4.08. The van der Waals surface area contributed by atoms with Crippen LogP contribution in [0.4, 0.5) is 0 Å². The Hall–Kier alpha value is -1.29. The van der Waals surface area contributed by atoms with Crippen LogP contribution in [0.2, 0.25) is 0 Å². The summed E-state index contributed by atoms with van der Waals surface area (Å²) >= 11 is 0. The van der Waals surface area contributed by atoms with Crippen molar-refractivity contribution in [3.05, 3.63) is 29.6 Å². The Morgan fingerprint density at radius 3 is 2.86 bits per heavy atom. The van der Waals surface area contributed by atoms with Crippen molar-refractivity contribution in [1.82, 2.24) is 4.98 Å². The number of terminal acetylenes is 1. The van der Waals surface area contributed by atoms with Gasteiger partial charge in [0.1, 0.15) is 0 Å². The topological polar surface area (TPSA) is 12.9 Å². The van der Waals surface area contributed by atoms with Crippen LogP contribution in [-0.2, 0) is 6.42 Å². The Morgan fingerprint density at radius 2 is 2.14 bits per heavy atom. The summed E-state index contributed by atoms with van der Waals surface area (Å²) in [4.78, 5) is 4.16. The maximum atomic E-state index is 5.34. The third-order valence-corrected chi connectivity index (χ3v) is 2.96. The van der Waals surface area contributed by atoms with E-state index < -0.39 is 0 Å². The molecule has 0 bridgehead atoms. The molecule has 1 aliphatic carbocycles. The van der Waals surface area contributed by atoms with Crippen molar-refractivity contribution in [2.75, 3.05) is 0 Å². The molecule has 1 nitrogen and oxygen atoms in total. The van der Waals surface area contributed by atoms with Gasteiger partial charge in [0, 0.05) is 18.0 Å². The van der Waals surface area contributed by atoms with Gasteiger partial charge in [-0.15, -0.1) is 6.42 Å². The van der Waals surface area contributed by atoms with Crippen LogP contribution in [0.15, 0.2) is 18.5 Å². The highest BCUT2D eigenvalue weighted by atomic mass is 14.6. The zero-order chi connectivity index (χ0) is 9.80. The molecule has 0 aromatic carbocycles. The summed E-state index contributed by atoms with van der Waals surface area (Å²) in [5, 5.41) is 0. The molecule has 1 fully saturated rings. The van der Waals surface area contributed by atoms with Crippen LogP contribution < -0.4 is 0 Å². The summed E-state index contributed by atoms with van der Waals surface area (Å²) < 4.78 is 0. The maximum Gasteiger partial charge on any atom is 0.0428 e. The number of pyridine rings is 1. The molecule has 0 spiro atoms. The van der Waals surface area contributed by atoms with Gasteiger partial charge < -0.3 is 0 Å². The van der Waals surface area contributed by atoms with Gasteiger partial charge in [-0.25, -0.2) is 0 Å². The maximum absolute atomic E-state index is 5.34. The van der Waals surface area contributed by atoms with Gasteiger partial charge in [0.15, 0.2) is 0 Å². The SMILES string of the molecule is C#Cc1cncc(CC2CCCC2)c1. The summed E-state index contributed by atoms with van der Waals surface area (Å²) in [6, 6.07) is 2.09. The first-order chi connectivity index (χ1) is 6.88. The van der Waals surface area contributed by atoms with Crippen LogP contribution in [0.25, 0.3) is 0 Å². The van der Waals surface area contributed by atoms with Crippen molar-refractivity contribution in [1.29, 1.82) is 0 Å². The molecule has 1 aliphatic rings. The fraction of sp³-hybridized carbons (Fsp3) is 0.462. The van der Waals surface area contributed by atoms with Crippen molar-refractivity contribution in [3.63, 3.8) is 0 Å². The molecule has 0 atom stereocenters. The Bertz CT molecular complexity index is 342. The van der Waals surface area contributed by atoms with Crippen LogP contribution in [0.5, 0.6) is 0 Å². The highest BCUT2D eigenvalue weighted by Gasteiger charge is 2.15. The van der Waals surface area contributed by atoms with Gasteiger partial charge in [0.25, 0.3) is 0 Å². The fourth-order valence-electron chi connectivity index (χ4n) is 2.23. The molecular weight excluding hydrogens is 170 g/mol. The predicted octanol–water partition coefficient (Wildman–Crippen LogP) is 2.80. The first kappa shape index (κ1) is 9.27. The van der Waals surface area contributed by atoms with Gasteiger partial charge in [0.2, 0.25) is 0 Å². The molecule has 72 valence electrons. The van der Waals surface area contributed by atoms with E-state index in [0.717, 1.165) is 17.9 Å². The fourth-order valence-corrected chi connectivity index (χ4v) is 2.23. The van der Waals surface area contributed by atoms with Crippen molar-refractivity contribution in [2.45, 2.75) is 32.1 Å². The Balaban J connectivity index is 2.05. The average molecular weight is 185 g/mol. The van der Waals surface area contributed by atoms with Crippen molar-refractivity contribution in [3.8, 4) is 12.3 Å². The van der Waals surface area contributed by atoms with E-state index in [1.165, 1.54) is 31.2 Å². The highest BCUT2D eigenvalue weighted by molar-refractivity contribution is 5.32. The third-order valence-electron chi connectivity index (χ3n) is 2.96. The smallest absolute Gasteiger partial charge is 0.0428 e. The van der Waals surface area contributed by atoms with Crippen LogP contribution in [0, 0.1) is 18.3 Å². The molecule has 1 saturated carbocycles. The molecule has 1 heterocycles. The lowest BCUT2D eigenvalue weighted by molar-refractivity contribution is 0.545. The lowest BCUT2D eigenvalue weighted by Gasteiger charge is -2.08. The Kier molecular flexibility index (Phi) is 2.84. The first-order valence-corrected chi connectivity index (χ1v) is 5.29. The molecule has 0 N–H and O–H groups in total. The minimum atomic E-state index is 0.866. The molecule has 0 amide bonds. The molecule has 0 saturated heterocycles. The van der Waals surface area contributed by atoms with Gasteiger partial charge in [0.05, 0.1) is 0 Å². The van der Waals surface area contributed by atoms with E-state index in [1.54, 1.807) is 6.20 Å². The first-order valence-electron chi connectivity index (χ1n) is 5.29. The summed E-state index contributed by atoms with van der Waals surface area (Å²) in [5.41, 5.74) is 2.20. The van der Waals surface area contributed by atoms with Crippen LogP contribution in [0.1, 0.15) is 36.8 Å². The van der Waals surface area contributed by atoms with Crippen LogP contribution >= 0.6 is 0 Å². The standard InChI is InChI=1S/C13H15N/c1-2-11-7-13(10-14-9-11)8-12-5-3-4-6-12/h1,7,9-10,12H,3-6,8H2. The largest absolute Gasteiger partial charge is 0.263 e. The average Bonchev–Trinajstić information content (AvgIpc) is 2.71. The lowest BCUT2D eigenvalue weighted by atomic mass is 9.98. The number of rotatable bonds is 2. The minimum Gasteiger partial charge on any atom is -0.263 e. The van der Waals surface area contributed by atoms with Crippen LogP contribution in [0.3, 0.4) is 0 Å². The number of aromatic nitrogens is 1. The van der Waals surface area contributed by atoms with Gasteiger partial charge in [-0.3, -0.25) is 4.98 Å². The molecule has 1 aromatic heterocycles. The van der Waals surface area contributed by atoms with E-state index in [4.69, 9.17) is 6.42 Å². The van der Waals surface area contributed by atoms with E-state index in [9.17, 15) is 0 Å². The Labute approximate surface area is 85.6 Å². The number of hydrogen-bond acceptors (Lipinski definition) is 1. The number of nitrogens with zero attached hydrogens (tertiary/aromatic N) is 1. The summed E-state index contributed by atoms with van der Waals surface area (Å²) in [7, 11) is 0. The molecule has 0 unspecified atom stereocenters. The quantitative estimate of drug-likeness (QED) is 0.646. The summed E-state index contributed by atoms with van der Waals surface area (Å²) in [5.74, 6) is 3.50. The van der Waals surface area contributed by atoms with E-state index in [-0.39, 0.29) is 0 Å². The van der Waals surface area contributed by atoms with E-state index in [1.807, 2.05) is 6.20 Å². The minimum absolute atomic E-state index is 0.866. The zero-order valence-corrected chi connectivity index (χ0v) is 8.37. The second-order valence-electron chi connectivity index (χ2n) is 4.08. The van der Waals surface area contributed by atoms with Gasteiger partial charge >= 0.3 is 0 Å². The van der Waals surface area contributed by atoms with Gasteiger partial charge in [-0.2, -0.15) is 0 Å². The molecule has 2 rings (SSSR count). The van der Waals surface area contributed by atoms with Crippen molar-refractivity contribution < 1.29 is 0 Å². The second kappa shape index (κ2) is 4.28. The molecule has 0 aliphatic heterocycles. The van der Waals surface area contributed by atoms with E-state index in [0.29, 0.717) is 0 Å². The van der Waals surface area contributed by atoms with Crippen LogP contribution in [-0.4, -0.2) is 4.98 Å². The summed E-state index contributed by atoms with van der Waals surface area (Å²) in [6.07, 6.45) is 15.7. The molecule has 14 heavy (non-hydrogen) atoms. The summed E-state index contributed by atoms with van der Waals surface area (Å²) in [6.45, 7) is 0. The lowest BCUT2D eigenvalue weighted by Crippen LogP contribution is -1.99. The molecular formula is C13H15N. The van der Waals surface area contributed by atoms with E-state index >= 15 is 0 Å². The normalized spacial score (nSPS) is 16.8. The highest BCUT2D eigenvalue weighted by Crippen LogP contribution is 2.27. The van der Waals surface area contributed by atoms with Gasteiger partial charge in [-0.05, 0) is 24.0 Å². The van der Waals surface area contributed by atoms with Crippen molar-refractivity contribution in [2.24, 2.45) is 5.92 Å². The molecule has 1 aromatic rings. The van der Waals surface area contributed by atoms with E-state index in [2.05, 4.69) is 17.0 Å². The van der Waals surface area contributed by atoms with Crippen molar-refractivity contribution >= 4 is 0 Å². The third kappa shape index (κ3) is 2.14. The monoisotopic (exact) mass is 185 g/mol. The predicted molar refractivity (Wildman–Crippen MR) is 57.8 cm³/mol. The molecule has 1 heteroatoms. The van der Waals surface area contributed by atoms with Gasteiger partial charge in [-0.1, -0.05) is 31.6 Å². The zero-order valence-electron chi connectivity index (χ0n) is 8.37. The Morgan fingerprint density at radius 1 is 1.36 bits per heavy atom.